The van der Waals surface area contributed by atoms with Gasteiger partial charge in [0, 0.05) is 32.2 Å². The summed E-state index contributed by atoms with van der Waals surface area (Å²) in [4.78, 5) is 47.7. The van der Waals surface area contributed by atoms with Crippen LogP contribution in [-0.4, -0.2) is 54.9 Å². The molecule has 0 spiro atoms. The van der Waals surface area contributed by atoms with Gasteiger partial charge in [0.25, 0.3) is 0 Å². The highest BCUT2D eigenvalue weighted by molar-refractivity contribution is 9.10. The van der Waals surface area contributed by atoms with E-state index in [1.54, 1.807) is 18.2 Å². The maximum absolute atomic E-state index is 12.1. The minimum atomic E-state index is -1.28. The molecule has 0 bridgehead atoms. The predicted octanol–water partition coefficient (Wildman–Crippen LogP) is 3.71. The van der Waals surface area contributed by atoms with Crippen molar-refractivity contribution >= 4 is 39.8 Å². The molecule has 1 fully saturated rings. The molecule has 1 aliphatic heterocycles. The van der Waals surface area contributed by atoms with Gasteiger partial charge < -0.3 is 23.7 Å². The van der Waals surface area contributed by atoms with Gasteiger partial charge in [0.1, 0.15) is 18.8 Å². The average Bonchev–Trinajstić information content (AvgIpc) is 2.86. The molecule has 0 aliphatic carbocycles. The normalized spacial score (nSPS) is 22.2. The van der Waals surface area contributed by atoms with Crippen molar-refractivity contribution in [1.29, 1.82) is 5.26 Å². The quantitative estimate of drug-likeness (QED) is 0.325. The van der Waals surface area contributed by atoms with Crippen LogP contribution in [0.3, 0.4) is 0 Å². The fraction of sp³-hybridized carbons (Fsp3) is 0.393. The largest absolute Gasteiger partial charge is 0.463 e. The van der Waals surface area contributed by atoms with Gasteiger partial charge in [-0.3, -0.25) is 19.2 Å². The molecule has 1 aliphatic rings. The number of ether oxygens (including phenoxy) is 5. The highest BCUT2D eigenvalue weighted by Gasteiger charge is 2.52. The SMILES string of the molecule is CC(=O)OC[C@H]1O[C@@H](c2ccc(C#N)c(Cc3ccc(Br)cc3)c2)[C@H](OC(C)=O)[C@@H](OC(C)=O)[C@@H]1OC(C)=O. The van der Waals surface area contributed by atoms with Crippen LogP contribution in [-0.2, 0) is 49.3 Å². The third-order valence-electron chi connectivity index (χ3n) is 5.88. The molecule has 0 N–H and O–H groups in total. The van der Waals surface area contributed by atoms with Crippen LogP contribution in [0.2, 0.25) is 0 Å². The monoisotopic (exact) mass is 601 g/mol. The van der Waals surface area contributed by atoms with Crippen molar-refractivity contribution < 1.29 is 42.9 Å². The number of carbonyl (C=O) groups is 4. The third kappa shape index (κ3) is 8.12. The zero-order valence-corrected chi connectivity index (χ0v) is 23.4. The van der Waals surface area contributed by atoms with Crippen LogP contribution >= 0.6 is 15.9 Å². The maximum atomic E-state index is 12.1. The highest BCUT2D eigenvalue weighted by atomic mass is 79.9. The Balaban J connectivity index is 2.10. The van der Waals surface area contributed by atoms with Crippen molar-refractivity contribution in [2.45, 2.75) is 64.6 Å². The van der Waals surface area contributed by atoms with Crippen LogP contribution in [0, 0.1) is 11.3 Å². The summed E-state index contributed by atoms with van der Waals surface area (Å²) in [6.07, 6.45) is -5.41. The lowest BCUT2D eigenvalue weighted by Crippen LogP contribution is -2.59. The molecule has 1 saturated heterocycles. The minimum absolute atomic E-state index is 0.323. The second-order valence-corrected chi connectivity index (χ2v) is 9.87. The lowest BCUT2D eigenvalue weighted by molar-refractivity contribution is -0.254. The van der Waals surface area contributed by atoms with Crippen LogP contribution in [0.1, 0.15) is 56.1 Å². The van der Waals surface area contributed by atoms with Gasteiger partial charge in [0.15, 0.2) is 18.3 Å². The van der Waals surface area contributed by atoms with Crippen LogP contribution in [0.5, 0.6) is 0 Å². The second-order valence-electron chi connectivity index (χ2n) is 8.95. The van der Waals surface area contributed by atoms with Gasteiger partial charge in [-0.2, -0.15) is 5.26 Å². The van der Waals surface area contributed by atoms with Crippen molar-refractivity contribution in [2.24, 2.45) is 0 Å². The summed E-state index contributed by atoms with van der Waals surface area (Å²) in [6, 6.07) is 14.8. The molecule has 206 valence electrons. The molecule has 2 aromatic carbocycles. The summed E-state index contributed by atoms with van der Waals surface area (Å²) in [5, 5.41) is 9.72. The fourth-order valence-electron chi connectivity index (χ4n) is 4.36. The standard InChI is InChI=1S/C28H28BrNO9/c1-15(31)35-14-24-26(36-16(2)32)28(38-18(4)34)27(37-17(3)33)25(39-24)20-7-8-21(13-30)22(12-20)11-19-5-9-23(29)10-6-19/h5-10,12,24-28H,11,14H2,1-4H3/t24-,25+,26-,27+,28+/m1/s1. The van der Waals surface area contributed by atoms with Gasteiger partial charge in [-0.15, -0.1) is 0 Å². The number of nitrogens with zero attached hydrogens (tertiary/aromatic N) is 1. The highest BCUT2D eigenvalue weighted by Crippen LogP contribution is 2.38. The number of hydrogen-bond acceptors (Lipinski definition) is 10. The topological polar surface area (TPSA) is 138 Å². The van der Waals surface area contributed by atoms with Crippen LogP contribution < -0.4 is 0 Å². The summed E-state index contributed by atoms with van der Waals surface area (Å²) in [7, 11) is 0. The molecule has 0 saturated carbocycles. The van der Waals surface area contributed by atoms with E-state index in [0.29, 0.717) is 23.1 Å². The number of rotatable bonds is 8. The minimum Gasteiger partial charge on any atom is -0.463 e. The predicted molar refractivity (Wildman–Crippen MR) is 139 cm³/mol. The third-order valence-corrected chi connectivity index (χ3v) is 6.41. The van der Waals surface area contributed by atoms with Crippen LogP contribution in [0.15, 0.2) is 46.9 Å². The summed E-state index contributed by atoms with van der Waals surface area (Å²) in [5.74, 6) is -2.70. The number of esters is 4. The molecule has 0 aromatic heterocycles. The van der Waals surface area contributed by atoms with Crippen LogP contribution in [0.25, 0.3) is 0 Å². The lowest BCUT2D eigenvalue weighted by atomic mass is 9.88. The van der Waals surface area contributed by atoms with E-state index in [1.807, 2.05) is 24.3 Å². The smallest absolute Gasteiger partial charge is 0.303 e. The number of benzene rings is 2. The molecule has 11 heteroatoms. The van der Waals surface area contributed by atoms with Crippen LogP contribution in [0.4, 0.5) is 0 Å². The van der Waals surface area contributed by atoms with E-state index < -0.39 is 54.4 Å². The van der Waals surface area contributed by atoms with E-state index in [9.17, 15) is 24.4 Å². The first kappa shape index (κ1) is 29.8. The molecule has 2 aromatic rings. The van der Waals surface area contributed by atoms with Gasteiger partial charge in [-0.05, 0) is 41.3 Å². The van der Waals surface area contributed by atoms with Gasteiger partial charge in [-0.1, -0.05) is 40.2 Å². The molecule has 3 rings (SSSR count). The molecule has 0 amide bonds. The first-order valence-electron chi connectivity index (χ1n) is 12.1. The number of nitriles is 1. The Kier molecular flexibility index (Phi) is 10.2. The average molecular weight is 602 g/mol. The van der Waals surface area contributed by atoms with Gasteiger partial charge in [0.05, 0.1) is 11.6 Å². The molecular formula is C28H28BrNO9. The first-order chi connectivity index (χ1) is 18.5. The zero-order chi connectivity index (χ0) is 28.7. The Labute approximate surface area is 234 Å². The summed E-state index contributed by atoms with van der Waals surface area (Å²) in [5.41, 5.74) is 2.59. The Morgan fingerprint density at radius 3 is 2.00 bits per heavy atom. The molecule has 39 heavy (non-hydrogen) atoms. The lowest BCUT2D eigenvalue weighted by Gasteiger charge is -2.44. The van der Waals surface area contributed by atoms with E-state index in [2.05, 4.69) is 22.0 Å². The Morgan fingerprint density at radius 1 is 0.846 bits per heavy atom. The van der Waals surface area contributed by atoms with Crippen molar-refractivity contribution in [3.63, 3.8) is 0 Å². The van der Waals surface area contributed by atoms with E-state index >= 15 is 0 Å². The van der Waals surface area contributed by atoms with Gasteiger partial charge in [-0.25, -0.2) is 0 Å². The Hall–Kier alpha value is -3.75. The van der Waals surface area contributed by atoms with Crippen molar-refractivity contribution in [2.75, 3.05) is 6.61 Å². The summed E-state index contributed by atoms with van der Waals surface area (Å²) in [6.45, 7) is 4.40. The van der Waals surface area contributed by atoms with Crippen molar-refractivity contribution in [1.82, 2.24) is 0 Å². The van der Waals surface area contributed by atoms with Crippen molar-refractivity contribution in [3.8, 4) is 6.07 Å². The van der Waals surface area contributed by atoms with E-state index in [1.165, 1.54) is 20.8 Å². The Morgan fingerprint density at radius 2 is 1.44 bits per heavy atom. The summed E-state index contributed by atoms with van der Waals surface area (Å²) < 4.78 is 28.8. The van der Waals surface area contributed by atoms with Gasteiger partial charge >= 0.3 is 23.9 Å². The fourth-order valence-corrected chi connectivity index (χ4v) is 4.63. The number of halogens is 1. The molecule has 0 unspecified atom stereocenters. The molecule has 0 radical (unpaired) electrons. The van der Waals surface area contributed by atoms with Crippen molar-refractivity contribution in [3.05, 3.63) is 69.2 Å². The van der Waals surface area contributed by atoms with E-state index in [-0.39, 0.29) is 6.61 Å². The zero-order valence-electron chi connectivity index (χ0n) is 21.8. The number of carbonyl (C=O) groups excluding carboxylic acids is 4. The van der Waals surface area contributed by atoms with Gasteiger partial charge in [0.2, 0.25) is 0 Å². The first-order valence-corrected chi connectivity index (χ1v) is 12.9. The Bertz CT molecular complexity index is 1270. The maximum Gasteiger partial charge on any atom is 0.303 e. The number of hydrogen-bond donors (Lipinski definition) is 0. The molecule has 5 atom stereocenters. The van der Waals surface area contributed by atoms with E-state index in [0.717, 1.165) is 17.0 Å². The second kappa shape index (κ2) is 13.4. The molecule has 10 nitrogen and oxygen atoms in total. The molecular weight excluding hydrogens is 574 g/mol. The molecule has 1 heterocycles. The summed E-state index contributed by atoms with van der Waals surface area (Å²) >= 11 is 3.41. The van der Waals surface area contributed by atoms with E-state index in [4.69, 9.17) is 23.7 Å².